The summed E-state index contributed by atoms with van der Waals surface area (Å²) in [6, 6.07) is 6.38. The number of amides is 1. The summed E-state index contributed by atoms with van der Waals surface area (Å²) in [7, 11) is 0. The van der Waals surface area contributed by atoms with E-state index in [1.54, 1.807) is 12.1 Å². The predicted molar refractivity (Wildman–Crippen MR) is 80.0 cm³/mol. The van der Waals surface area contributed by atoms with Crippen molar-refractivity contribution >= 4 is 5.91 Å². The van der Waals surface area contributed by atoms with E-state index < -0.39 is 0 Å². The number of carbonyl (C=O) groups excluding carboxylic acids is 1. The summed E-state index contributed by atoms with van der Waals surface area (Å²) in [4.78, 5) is 14.6. The molecule has 4 unspecified atom stereocenters. The van der Waals surface area contributed by atoms with Crippen molar-refractivity contribution < 1.29 is 9.18 Å². The van der Waals surface area contributed by atoms with Crippen LogP contribution in [-0.4, -0.2) is 23.4 Å². The molecule has 114 valence electrons. The molecule has 1 aliphatic heterocycles. The predicted octanol–water partition coefficient (Wildman–Crippen LogP) is 3.08. The Bertz CT molecular complexity index is 516. The number of nitrogens with one attached hydrogen (secondary N) is 1. The van der Waals surface area contributed by atoms with E-state index in [0.717, 1.165) is 30.9 Å². The van der Waals surface area contributed by atoms with Crippen LogP contribution in [0.25, 0.3) is 0 Å². The van der Waals surface area contributed by atoms with Gasteiger partial charge >= 0.3 is 0 Å². The lowest BCUT2D eigenvalue weighted by atomic mass is 10.1. The molecule has 1 saturated heterocycles. The van der Waals surface area contributed by atoms with E-state index >= 15 is 0 Å². The van der Waals surface area contributed by atoms with Crippen LogP contribution < -0.4 is 5.32 Å². The van der Waals surface area contributed by atoms with Crippen molar-refractivity contribution in [1.29, 1.82) is 0 Å². The molecule has 4 heteroatoms. The van der Waals surface area contributed by atoms with Crippen LogP contribution >= 0.6 is 0 Å². The van der Waals surface area contributed by atoms with Crippen LogP contribution in [0, 0.1) is 17.7 Å². The van der Waals surface area contributed by atoms with Gasteiger partial charge in [0, 0.05) is 6.54 Å². The Morgan fingerprint density at radius 2 is 2.00 bits per heavy atom. The number of hydrogen-bond donors (Lipinski definition) is 1. The summed E-state index contributed by atoms with van der Waals surface area (Å²) in [5, 5.41) is 3.43. The standard InChI is InChI=1S/C17H23FN2O/c1-3-4-15-17(21)20(10-13-9-11(13)2)16(19-15)12-5-7-14(18)8-6-12/h5-8,11,13,15-16,19H,3-4,9-10H2,1-2H3. The molecule has 0 radical (unpaired) electrons. The van der Waals surface area contributed by atoms with E-state index in [0.29, 0.717) is 5.92 Å². The van der Waals surface area contributed by atoms with Gasteiger partial charge in [-0.1, -0.05) is 32.4 Å². The maximum absolute atomic E-state index is 13.1. The highest BCUT2D eigenvalue weighted by atomic mass is 19.1. The summed E-state index contributed by atoms with van der Waals surface area (Å²) in [5.74, 6) is 1.30. The minimum Gasteiger partial charge on any atom is -0.321 e. The smallest absolute Gasteiger partial charge is 0.241 e. The molecule has 1 aromatic carbocycles. The van der Waals surface area contributed by atoms with Gasteiger partial charge in [0.25, 0.3) is 0 Å². The quantitative estimate of drug-likeness (QED) is 0.904. The first kappa shape index (κ1) is 14.5. The van der Waals surface area contributed by atoms with Crippen LogP contribution in [0.1, 0.15) is 44.8 Å². The Morgan fingerprint density at radius 3 is 2.57 bits per heavy atom. The Labute approximate surface area is 125 Å². The van der Waals surface area contributed by atoms with Gasteiger partial charge in [0.1, 0.15) is 12.0 Å². The SMILES string of the molecule is CCCC1NC(c2ccc(F)cc2)N(CC2CC2C)C1=O. The fraction of sp³-hybridized carbons (Fsp3) is 0.588. The molecule has 0 aromatic heterocycles. The van der Waals surface area contributed by atoms with Crippen molar-refractivity contribution in [2.24, 2.45) is 11.8 Å². The number of carbonyl (C=O) groups is 1. The number of halogens is 1. The van der Waals surface area contributed by atoms with Crippen molar-refractivity contribution in [3.8, 4) is 0 Å². The first-order valence-electron chi connectivity index (χ1n) is 7.92. The summed E-state index contributed by atoms with van der Waals surface area (Å²) < 4.78 is 13.1. The van der Waals surface area contributed by atoms with Crippen LogP contribution in [0.15, 0.2) is 24.3 Å². The highest BCUT2D eigenvalue weighted by Gasteiger charge is 2.43. The molecule has 1 amide bonds. The van der Waals surface area contributed by atoms with Gasteiger partial charge in [0.2, 0.25) is 5.91 Å². The van der Waals surface area contributed by atoms with E-state index in [-0.39, 0.29) is 23.9 Å². The molecular weight excluding hydrogens is 267 g/mol. The van der Waals surface area contributed by atoms with Gasteiger partial charge in [-0.2, -0.15) is 0 Å². The zero-order valence-electron chi connectivity index (χ0n) is 12.7. The third kappa shape index (κ3) is 2.95. The van der Waals surface area contributed by atoms with Gasteiger partial charge in [-0.15, -0.1) is 0 Å². The zero-order chi connectivity index (χ0) is 15.0. The van der Waals surface area contributed by atoms with Gasteiger partial charge in [-0.25, -0.2) is 4.39 Å². The average Bonchev–Trinajstić information content (AvgIpc) is 3.08. The van der Waals surface area contributed by atoms with Gasteiger partial charge < -0.3 is 4.90 Å². The zero-order valence-corrected chi connectivity index (χ0v) is 12.7. The molecule has 1 N–H and O–H groups in total. The van der Waals surface area contributed by atoms with Gasteiger partial charge in [0.05, 0.1) is 6.04 Å². The second-order valence-corrected chi connectivity index (χ2v) is 6.43. The van der Waals surface area contributed by atoms with E-state index in [2.05, 4.69) is 19.2 Å². The maximum Gasteiger partial charge on any atom is 0.241 e. The highest BCUT2D eigenvalue weighted by Crippen LogP contribution is 2.40. The highest BCUT2D eigenvalue weighted by molar-refractivity contribution is 5.84. The Kier molecular flexibility index (Phi) is 3.98. The van der Waals surface area contributed by atoms with Crippen molar-refractivity contribution in [3.63, 3.8) is 0 Å². The Morgan fingerprint density at radius 1 is 1.33 bits per heavy atom. The lowest BCUT2D eigenvalue weighted by Crippen LogP contribution is -2.33. The first-order chi connectivity index (χ1) is 10.1. The van der Waals surface area contributed by atoms with E-state index in [9.17, 15) is 9.18 Å². The number of benzene rings is 1. The number of nitrogens with zero attached hydrogens (tertiary/aromatic N) is 1. The van der Waals surface area contributed by atoms with E-state index in [1.165, 1.54) is 18.6 Å². The molecule has 1 aliphatic carbocycles. The number of hydrogen-bond acceptors (Lipinski definition) is 2. The monoisotopic (exact) mass is 290 g/mol. The Balaban J connectivity index is 1.80. The van der Waals surface area contributed by atoms with E-state index in [4.69, 9.17) is 0 Å². The molecule has 3 nitrogen and oxygen atoms in total. The molecule has 0 bridgehead atoms. The molecule has 2 aliphatic rings. The fourth-order valence-corrected chi connectivity index (χ4v) is 3.20. The minimum atomic E-state index is -0.240. The minimum absolute atomic E-state index is 0.0980. The van der Waals surface area contributed by atoms with Crippen LogP contribution in [-0.2, 0) is 4.79 Å². The van der Waals surface area contributed by atoms with Crippen LogP contribution in [0.3, 0.4) is 0 Å². The van der Waals surface area contributed by atoms with Crippen LogP contribution in [0.5, 0.6) is 0 Å². The molecule has 2 fully saturated rings. The summed E-state index contributed by atoms with van der Waals surface area (Å²) in [6.07, 6.45) is 2.93. The number of rotatable bonds is 5. The fourth-order valence-electron chi connectivity index (χ4n) is 3.20. The third-order valence-electron chi connectivity index (χ3n) is 4.72. The van der Waals surface area contributed by atoms with Gasteiger partial charge in [-0.05, 0) is 42.4 Å². The van der Waals surface area contributed by atoms with Crippen LogP contribution in [0.2, 0.25) is 0 Å². The summed E-state index contributed by atoms with van der Waals surface area (Å²) in [5.41, 5.74) is 0.969. The summed E-state index contributed by atoms with van der Waals surface area (Å²) in [6.45, 7) is 5.14. The van der Waals surface area contributed by atoms with Crippen LogP contribution in [0.4, 0.5) is 4.39 Å². The molecule has 1 saturated carbocycles. The molecule has 1 aromatic rings. The van der Waals surface area contributed by atoms with Crippen molar-refractivity contribution in [2.75, 3.05) is 6.54 Å². The van der Waals surface area contributed by atoms with Crippen molar-refractivity contribution in [3.05, 3.63) is 35.6 Å². The topological polar surface area (TPSA) is 32.3 Å². The Hall–Kier alpha value is -1.42. The second kappa shape index (κ2) is 5.76. The first-order valence-corrected chi connectivity index (χ1v) is 7.92. The summed E-state index contributed by atoms with van der Waals surface area (Å²) >= 11 is 0. The van der Waals surface area contributed by atoms with Gasteiger partial charge in [0.15, 0.2) is 0 Å². The molecule has 3 rings (SSSR count). The second-order valence-electron chi connectivity index (χ2n) is 6.43. The lowest BCUT2D eigenvalue weighted by molar-refractivity contribution is -0.130. The maximum atomic E-state index is 13.1. The third-order valence-corrected chi connectivity index (χ3v) is 4.72. The normalized spacial score (nSPS) is 31.8. The molecule has 4 atom stereocenters. The molecule has 21 heavy (non-hydrogen) atoms. The lowest BCUT2D eigenvalue weighted by Gasteiger charge is -2.24. The average molecular weight is 290 g/mol. The van der Waals surface area contributed by atoms with Crippen molar-refractivity contribution in [1.82, 2.24) is 10.2 Å². The molecule has 0 spiro atoms. The largest absolute Gasteiger partial charge is 0.321 e. The van der Waals surface area contributed by atoms with Gasteiger partial charge in [-0.3, -0.25) is 10.1 Å². The molecule has 1 heterocycles. The van der Waals surface area contributed by atoms with Crippen molar-refractivity contribution in [2.45, 2.75) is 45.3 Å². The van der Waals surface area contributed by atoms with E-state index in [1.807, 2.05) is 4.90 Å². The molecular formula is C17H23FN2O.